The molecule has 0 atom stereocenters. The summed E-state index contributed by atoms with van der Waals surface area (Å²) in [7, 11) is 0. The molecule has 14 heavy (non-hydrogen) atoms. The summed E-state index contributed by atoms with van der Waals surface area (Å²) in [4.78, 5) is 0. The predicted octanol–water partition coefficient (Wildman–Crippen LogP) is 2.30. The Labute approximate surface area is 90.1 Å². The van der Waals surface area contributed by atoms with Crippen LogP contribution in [-0.2, 0) is 10.8 Å². The van der Waals surface area contributed by atoms with Gasteiger partial charge in [-0.1, -0.05) is 0 Å². The van der Waals surface area contributed by atoms with Crippen LogP contribution in [0.3, 0.4) is 0 Å². The Morgan fingerprint density at radius 3 is 1.71 bits per heavy atom. The summed E-state index contributed by atoms with van der Waals surface area (Å²) in [6.07, 6.45) is 0. The quantitative estimate of drug-likeness (QED) is 0.579. The zero-order valence-electron chi connectivity index (χ0n) is 10.3. The van der Waals surface area contributed by atoms with E-state index in [0.29, 0.717) is 0 Å². The summed E-state index contributed by atoms with van der Waals surface area (Å²) in [6.45, 7) is 20.2. The van der Waals surface area contributed by atoms with E-state index in [9.17, 15) is 0 Å². The van der Waals surface area contributed by atoms with Crippen molar-refractivity contribution in [1.82, 2.24) is 0 Å². The third-order valence-electron chi connectivity index (χ3n) is 2.62. The normalized spacial score (nSPS) is 12.1. The third-order valence-corrected chi connectivity index (χ3v) is 2.62. The van der Waals surface area contributed by atoms with Gasteiger partial charge in [-0.05, 0) is 0 Å². The molecule has 0 saturated carbocycles. The molecule has 72 valence electrons. The van der Waals surface area contributed by atoms with Gasteiger partial charge in [-0.2, -0.15) is 0 Å². The molecule has 0 fully saturated rings. The van der Waals surface area contributed by atoms with Crippen molar-refractivity contribution >= 4 is 20.5 Å². The molecule has 0 nitrogen and oxygen atoms in total. The average molecular weight is 184 g/mol. The van der Waals surface area contributed by atoms with Gasteiger partial charge in [0.05, 0.1) is 0 Å². The van der Waals surface area contributed by atoms with Crippen LogP contribution in [-0.4, -0.2) is 20.5 Å². The molecule has 0 aliphatic heterocycles. The molecule has 0 spiro atoms. The van der Waals surface area contributed by atoms with Crippen molar-refractivity contribution in [1.29, 1.82) is 0 Å². The maximum absolute atomic E-state index is 2.25. The standard InChI is InChI=1S/C11H19B3/c1-10(2,3)8-7-12-9(14-13-8)11(4,5)6/h7H,1-6H3. The SMILES string of the molecule is CC(C)(C)c1bbc(C(C)(C)C)cb1. The molecule has 0 aliphatic rings. The van der Waals surface area contributed by atoms with E-state index >= 15 is 0 Å². The van der Waals surface area contributed by atoms with Gasteiger partial charge in [-0.15, -0.1) is 0 Å². The van der Waals surface area contributed by atoms with Crippen molar-refractivity contribution in [3.8, 4) is 0 Å². The molecule has 1 rings (SSSR count). The Kier molecular flexibility index (Phi) is 3.18. The molecule has 1 aromatic rings. The number of rotatable bonds is 0. The summed E-state index contributed by atoms with van der Waals surface area (Å²) in [5.41, 5.74) is 1.93. The first-order valence-corrected chi connectivity index (χ1v) is 5.32. The van der Waals surface area contributed by atoms with Gasteiger partial charge < -0.3 is 0 Å². The van der Waals surface area contributed by atoms with Crippen LogP contribution in [0.25, 0.3) is 0 Å². The molecule has 0 amide bonds. The second-order valence-electron chi connectivity index (χ2n) is 6.08. The van der Waals surface area contributed by atoms with Crippen LogP contribution in [0.15, 0.2) is 5.96 Å². The summed E-state index contributed by atoms with van der Waals surface area (Å²) in [6, 6.07) is 0. The summed E-state index contributed by atoms with van der Waals surface area (Å²) < 4.78 is 0. The molecule has 3 heteroatoms. The topological polar surface area (TPSA) is 0 Å². The van der Waals surface area contributed by atoms with Crippen LogP contribution in [0, 0.1) is 0 Å². The van der Waals surface area contributed by atoms with Crippen LogP contribution in [0.2, 0.25) is 0 Å². The van der Waals surface area contributed by atoms with Crippen molar-refractivity contribution in [3.63, 3.8) is 0 Å². The fraction of sp³-hybridized carbons (Fsp3) is 0.727. The fourth-order valence-corrected chi connectivity index (χ4v) is 1.47. The maximum atomic E-state index is 2.25. The van der Waals surface area contributed by atoms with E-state index < -0.39 is 0 Å². The monoisotopic (exact) mass is 184 g/mol. The van der Waals surface area contributed by atoms with Gasteiger partial charge in [0.15, 0.2) is 0 Å². The first-order valence-electron chi connectivity index (χ1n) is 5.32. The van der Waals surface area contributed by atoms with Gasteiger partial charge in [-0.3, -0.25) is 0 Å². The Bertz CT molecular complexity index is 268. The predicted molar refractivity (Wildman–Crippen MR) is 67.9 cm³/mol. The number of hydrogen-bond donors (Lipinski definition) is 0. The Morgan fingerprint density at radius 2 is 1.43 bits per heavy atom. The van der Waals surface area contributed by atoms with Gasteiger partial charge in [-0.25, -0.2) is 0 Å². The molecule has 0 unspecified atom stereocenters. The molecular weight excluding hydrogens is 165 g/mol. The van der Waals surface area contributed by atoms with Crippen LogP contribution in [0.5, 0.6) is 0 Å². The zero-order chi connectivity index (χ0) is 11.0. The van der Waals surface area contributed by atoms with E-state index in [4.69, 9.17) is 0 Å². The molecule has 0 radical (unpaired) electrons. The van der Waals surface area contributed by atoms with E-state index in [1.54, 1.807) is 0 Å². The van der Waals surface area contributed by atoms with E-state index in [-0.39, 0.29) is 10.8 Å². The van der Waals surface area contributed by atoms with Crippen molar-refractivity contribution in [2.75, 3.05) is 0 Å². The molecule has 1 aromatic heterocycles. The summed E-state index contributed by atoms with van der Waals surface area (Å²) >= 11 is 0. The van der Waals surface area contributed by atoms with Gasteiger partial charge in [0.25, 0.3) is 0 Å². The second kappa shape index (κ2) is 3.75. The molecule has 0 aromatic carbocycles. The molecule has 0 bridgehead atoms. The zero-order valence-corrected chi connectivity index (χ0v) is 10.3. The van der Waals surface area contributed by atoms with Gasteiger partial charge >= 0.3 is 89.7 Å². The summed E-state index contributed by atoms with van der Waals surface area (Å²) in [5.74, 6) is 2.25. The Morgan fingerprint density at radius 1 is 0.857 bits per heavy atom. The summed E-state index contributed by atoms with van der Waals surface area (Å²) in [5, 5.41) is 1.41. The first-order chi connectivity index (χ1) is 6.21. The van der Waals surface area contributed by atoms with Crippen LogP contribution in [0.1, 0.15) is 52.4 Å². The molecular formula is C11H19B3. The van der Waals surface area contributed by atoms with Crippen molar-refractivity contribution in [2.24, 2.45) is 0 Å². The van der Waals surface area contributed by atoms with E-state index in [2.05, 4.69) is 68.0 Å². The first kappa shape index (κ1) is 11.9. The molecule has 0 saturated heterocycles. The van der Waals surface area contributed by atoms with Crippen molar-refractivity contribution in [2.45, 2.75) is 52.4 Å². The average Bonchev–Trinajstić information content (AvgIpc) is 2.01. The van der Waals surface area contributed by atoms with E-state index in [1.165, 1.54) is 10.8 Å². The second-order valence-corrected chi connectivity index (χ2v) is 6.08. The van der Waals surface area contributed by atoms with Gasteiger partial charge in [0.2, 0.25) is 0 Å². The molecule has 0 N–H and O–H groups in total. The fourth-order valence-electron chi connectivity index (χ4n) is 1.47. The Balaban J connectivity index is 3.02. The van der Waals surface area contributed by atoms with Gasteiger partial charge in [0, 0.05) is 0 Å². The Hall–Kier alpha value is -0.195. The van der Waals surface area contributed by atoms with Gasteiger partial charge in [0.1, 0.15) is 0 Å². The van der Waals surface area contributed by atoms with Crippen LogP contribution in [0.4, 0.5) is 0 Å². The minimum absolute atomic E-state index is 0.260. The van der Waals surface area contributed by atoms with Crippen LogP contribution >= 0.6 is 0 Å². The third kappa shape index (κ3) is 2.90. The van der Waals surface area contributed by atoms with E-state index in [1.807, 2.05) is 0 Å². The number of hydrogen-bond acceptors (Lipinski definition) is 0. The van der Waals surface area contributed by atoms with Crippen molar-refractivity contribution in [3.05, 3.63) is 16.8 Å². The molecule has 1 heterocycles. The van der Waals surface area contributed by atoms with E-state index in [0.717, 1.165) is 0 Å². The minimum atomic E-state index is 0.260. The van der Waals surface area contributed by atoms with Crippen molar-refractivity contribution < 1.29 is 0 Å². The van der Waals surface area contributed by atoms with Crippen LogP contribution < -0.4 is 0 Å². The molecule has 0 aliphatic carbocycles.